The fraction of sp³-hybridized carbons (Fsp3) is 0.375. The number of nitrogens with zero attached hydrogens (tertiary/aromatic N) is 1. The van der Waals surface area contributed by atoms with Crippen LogP contribution in [0, 0.1) is 19.7 Å². The molecule has 2 saturated heterocycles. The largest absolute Gasteiger partial charge is 0.376 e. The van der Waals surface area contributed by atoms with E-state index in [4.69, 9.17) is 9.57 Å². The number of carbonyl (C=O) groups is 3. The van der Waals surface area contributed by atoms with Crippen LogP contribution in [0.2, 0.25) is 0 Å². The standard InChI is InChI=1S/C24H25FN4O5/c1-12-19(9-17-16-8-14(25)5-6-18(16)27-22(17)30)26-13(2)21(12)23(31)28-20-11-34-29(24(20)32)10-15-4-3-7-33-15/h5-6,8-9,15,20,26H,3-4,7,10-11H2,1-2H3,(H,27,30)(H,28,31)/b17-9-/t15-,20?/m1/s1. The number of hydroxylamine groups is 2. The third-order valence-electron chi connectivity index (χ3n) is 6.40. The average molecular weight is 468 g/mol. The number of halogens is 1. The summed E-state index contributed by atoms with van der Waals surface area (Å²) in [5, 5.41) is 6.73. The lowest BCUT2D eigenvalue weighted by molar-refractivity contribution is -0.168. The van der Waals surface area contributed by atoms with Crippen LogP contribution in [0.4, 0.5) is 10.1 Å². The molecule has 2 aromatic rings. The molecule has 2 atom stereocenters. The van der Waals surface area contributed by atoms with Crippen LogP contribution in [-0.4, -0.2) is 59.7 Å². The topological polar surface area (TPSA) is 113 Å². The highest BCUT2D eigenvalue weighted by Crippen LogP contribution is 2.34. The van der Waals surface area contributed by atoms with Crippen molar-refractivity contribution in [3.05, 3.63) is 52.1 Å². The van der Waals surface area contributed by atoms with Gasteiger partial charge in [0.05, 0.1) is 23.8 Å². The number of aryl methyl sites for hydroxylation is 1. The maximum atomic E-state index is 13.7. The minimum Gasteiger partial charge on any atom is -0.376 e. The summed E-state index contributed by atoms with van der Waals surface area (Å²) in [7, 11) is 0. The number of fused-ring (bicyclic) bond motifs is 1. The fourth-order valence-electron chi connectivity index (χ4n) is 4.63. The fourth-order valence-corrected chi connectivity index (χ4v) is 4.63. The van der Waals surface area contributed by atoms with Gasteiger partial charge in [-0.25, -0.2) is 9.45 Å². The molecular formula is C24H25FN4O5. The van der Waals surface area contributed by atoms with E-state index in [1.165, 1.54) is 23.3 Å². The summed E-state index contributed by atoms with van der Waals surface area (Å²) in [4.78, 5) is 46.8. The Labute approximate surface area is 195 Å². The van der Waals surface area contributed by atoms with Gasteiger partial charge in [-0.05, 0) is 56.5 Å². The molecule has 0 spiro atoms. The molecule has 5 rings (SSSR count). The molecule has 3 aliphatic rings. The zero-order valence-corrected chi connectivity index (χ0v) is 18.9. The van der Waals surface area contributed by atoms with Gasteiger partial charge >= 0.3 is 0 Å². The molecule has 2 fully saturated rings. The van der Waals surface area contributed by atoms with Gasteiger partial charge in [0.2, 0.25) is 0 Å². The number of carbonyl (C=O) groups excluding carboxylic acids is 3. The van der Waals surface area contributed by atoms with Crippen LogP contribution in [0.25, 0.3) is 11.6 Å². The van der Waals surface area contributed by atoms with Crippen molar-refractivity contribution < 1.29 is 28.3 Å². The first-order valence-electron chi connectivity index (χ1n) is 11.2. The molecule has 9 nitrogen and oxygen atoms in total. The summed E-state index contributed by atoms with van der Waals surface area (Å²) >= 11 is 0. The van der Waals surface area contributed by atoms with Crippen LogP contribution in [0.1, 0.15) is 45.7 Å². The number of aromatic nitrogens is 1. The first kappa shape index (κ1) is 22.3. The molecule has 3 aliphatic heterocycles. The second kappa shape index (κ2) is 8.69. The highest BCUT2D eigenvalue weighted by Gasteiger charge is 2.37. The molecule has 0 saturated carbocycles. The van der Waals surface area contributed by atoms with Crippen LogP contribution in [0.5, 0.6) is 0 Å². The number of nitrogens with one attached hydrogen (secondary N) is 3. The number of aromatic amines is 1. The van der Waals surface area contributed by atoms with E-state index in [1.807, 2.05) is 0 Å². The monoisotopic (exact) mass is 468 g/mol. The number of H-pyrrole nitrogens is 1. The van der Waals surface area contributed by atoms with Gasteiger partial charge in [0.1, 0.15) is 18.5 Å². The van der Waals surface area contributed by atoms with Crippen LogP contribution in [-0.2, 0) is 19.2 Å². The van der Waals surface area contributed by atoms with E-state index >= 15 is 0 Å². The molecule has 178 valence electrons. The second-order valence-electron chi connectivity index (χ2n) is 8.72. The van der Waals surface area contributed by atoms with E-state index in [2.05, 4.69) is 15.6 Å². The van der Waals surface area contributed by atoms with Gasteiger partial charge in [0.15, 0.2) is 0 Å². The summed E-state index contributed by atoms with van der Waals surface area (Å²) in [5.74, 6) is -1.52. The molecule has 34 heavy (non-hydrogen) atoms. The van der Waals surface area contributed by atoms with Crippen molar-refractivity contribution in [2.45, 2.75) is 38.8 Å². The molecular weight excluding hydrogens is 443 g/mol. The van der Waals surface area contributed by atoms with E-state index in [9.17, 15) is 18.8 Å². The number of hydrogen-bond donors (Lipinski definition) is 3. The van der Waals surface area contributed by atoms with Gasteiger partial charge in [-0.2, -0.15) is 0 Å². The summed E-state index contributed by atoms with van der Waals surface area (Å²) in [6.45, 7) is 4.57. The predicted octanol–water partition coefficient (Wildman–Crippen LogP) is 2.31. The predicted molar refractivity (Wildman–Crippen MR) is 121 cm³/mol. The Balaban J connectivity index is 1.33. The molecule has 3 N–H and O–H groups in total. The highest BCUT2D eigenvalue weighted by atomic mass is 19.1. The Kier molecular flexibility index (Phi) is 5.70. The third kappa shape index (κ3) is 3.99. The molecule has 1 aromatic carbocycles. The van der Waals surface area contributed by atoms with Gasteiger partial charge in [0, 0.05) is 29.2 Å². The Morgan fingerprint density at radius 3 is 2.91 bits per heavy atom. The molecule has 0 aliphatic carbocycles. The lowest BCUT2D eigenvalue weighted by atomic mass is 10.0. The van der Waals surface area contributed by atoms with Crippen molar-refractivity contribution in [2.75, 3.05) is 25.1 Å². The maximum absolute atomic E-state index is 13.7. The summed E-state index contributed by atoms with van der Waals surface area (Å²) < 4.78 is 19.3. The van der Waals surface area contributed by atoms with Crippen molar-refractivity contribution in [1.29, 1.82) is 0 Å². The zero-order chi connectivity index (χ0) is 24.0. The lowest BCUT2D eigenvalue weighted by Gasteiger charge is -2.18. The number of benzene rings is 1. The normalized spacial score (nSPS) is 23.0. The minimum atomic E-state index is -0.792. The Morgan fingerprint density at radius 1 is 1.32 bits per heavy atom. The lowest BCUT2D eigenvalue weighted by Crippen LogP contribution is -2.44. The first-order valence-corrected chi connectivity index (χ1v) is 11.2. The number of hydrogen-bond acceptors (Lipinski definition) is 5. The second-order valence-corrected chi connectivity index (χ2v) is 8.72. The molecule has 1 aromatic heterocycles. The SMILES string of the molecule is Cc1[nH]c(/C=C2\C(=O)Nc3ccc(F)cc32)c(C)c1C(=O)NC1CON(C[C@H]2CCCO2)C1=O. The Morgan fingerprint density at radius 2 is 2.15 bits per heavy atom. The van der Waals surface area contributed by atoms with Gasteiger partial charge < -0.3 is 20.4 Å². The van der Waals surface area contributed by atoms with E-state index in [0.717, 1.165) is 12.8 Å². The first-order chi connectivity index (χ1) is 16.3. The van der Waals surface area contributed by atoms with Crippen molar-refractivity contribution in [2.24, 2.45) is 0 Å². The van der Waals surface area contributed by atoms with Crippen LogP contribution >= 0.6 is 0 Å². The Bertz CT molecular complexity index is 1210. The van der Waals surface area contributed by atoms with Gasteiger partial charge in [-0.15, -0.1) is 0 Å². The maximum Gasteiger partial charge on any atom is 0.271 e. The summed E-state index contributed by atoms with van der Waals surface area (Å²) in [5.41, 5.74) is 3.43. The Hall–Kier alpha value is -3.50. The van der Waals surface area contributed by atoms with Crippen LogP contribution in [0.15, 0.2) is 18.2 Å². The molecule has 0 bridgehead atoms. The van der Waals surface area contributed by atoms with Crippen molar-refractivity contribution in [3.63, 3.8) is 0 Å². The smallest absolute Gasteiger partial charge is 0.271 e. The highest BCUT2D eigenvalue weighted by molar-refractivity contribution is 6.34. The molecule has 1 unspecified atom stereocenters. The summed E-state index contributed by atoms with van der Waals surface area (Å²) in [6.07, 6.45) is 3.39. The van der Waals surface area contributed by atoms with Crippen LogP contribution in [0.3, 0.4) is 0 Å². The number of anilines is 1. The summed E-state index contributed by atoms with van der Waals surface area (Å²) in [6, 6.07) is 3.30. The van der Waals surface area contributed by atoms with Crippen molar-refractivity contribution in [1.82, 2.24) is 15.4 Å². The quantitative estimate of drug-likeness (QED) is 0.583. The molecule has 0 radical (unpaired) electrons. The average Bonchev–Trinajstić information content (AvgIpc) is 3.55. The van der Waals surface area contributed by atoms with Gasteiger partial charge in [-0.3, -0.25) is 19.2 Å². The van der Waals surface area contributed by atoms with Crippen molar-refractivity contribution >= 4 is 35.1 Å². The molecule has 10 heteroatoms. The number of ether oxygens (including phenoxy) is 1. The molecule has 3 amide bonds. The zero-order valence-electron chi connectivity index (χ0n) is 18.9. The van der Waals surface area contributed by atoms with Crippen molar-refractivity contribution in [3.8, 4) is 0 Å². The van der Waals surface area contributed by atoms with E-state index < -0.39 is 17.8 Å². The van der Waals surface area contributed by atoms with Gasteiger partial charge in [-0.1, -0.05) is 0 Å². The molecule has 4 heterocycles. The van der Waals surface area contributed by atoms with Crippen LogP contribution < -0.4 is 10.6 Å². The number of amides is 3. The van der Waals surface area contributed by atoms with E-state index in [-0.39, 0.29) is 24.5 Å². The van der Waals surface area contributed by atoms with E-state index in [1.54, 1.807) is 19.9 Å². The van der Waals surface area contributed by atoms with E-state index in [0.29, 0.717) is 52.5 Å². The minimum absolute atomic E-state index is 0.0467. The number of rotatable bonds is 5. The third-order valence-corrected chi connectivity index (χ3v) is 6.40. The van der Waals surface area contributed by atoms with Gasteiger partial charge in [0.25, 0.3) is 17.7 Å².